The van der Waals surface area contributed by atoms with Crippen LogP contribution in [0.15, 0.2) is 59.8 Å². The van der Waals surface area contributed by atoms with Crippen molar-refractivity contribution in [1.82, 2.24) is 10.6 Å². The Hall–Kier alpha value is -3.06. The van der Waals surface area contributed by atoms with E-state index >= 15 is 0 Å². The molecule has 140 valence electrons. The van der Waals surface area contributed by atoms with E-state index in [9.17, 15) is 4.79 Å². The molecule has 1 unspecified atom stereocenters. The van der Waals surface area contributed by atoms with Crippen molar-refractivity contribution < 1.29 is 14.3 Å². The summed E-state index contributed by atoms with van der Waals surface area (Å²) in [4.78, 5) is 13.0. The van der Waals surface area contributed by atoms with Gasteiger partial charge in [0.2, 0.25) is 0 Å². The van der Waals surface area contributed by atoms with Crippen LogP contribution in [0.4, 0.5) is 5.69 Å². The van der Waals surface area contributed by atoms with Crippen molar-refractivity contribution in [3.05, 3.63) is 65.4 Å². The number of anilines is 1. The molecular formula is C20H21N3O3S. The number of hydrogen-bond donors (Lipinski definition) is 3. The van der Waals surface area contributed by atoms with Crippen LogP contribution >= 0.6 is 12.2 Å². The van der Waals surface area contributed by atoms with E-state index in [2.05, 4.69) is 16.0 Å². The minimum atomic E-state index is -0.382. The first-order valence-electron chi connectivity index (χ1n) is 8.39. The second kappa shape index (κ2) is 8.09. The van der Waals surface area contributed by atoms with Gasteiger partial charge in [0.15, 0.2) is 5.11 Å². The molecule has 0 aliphatic carbocycles. The van der Waals surface area contributed by atoms with Gasteiger partial charge >= 0.3 is 0 Å². The van der Waals surface area contributed by atoms with Crippen molar-refractivity contribution in [1.29, 1.82) is 0 Å². The van der Waals surface area contributed by atoms with Crippen LogP contribution in [0.3, 0.4) is 0 Å². The van der Waals surface area contributed by atoms with E-state index < -0.39 is 0 Å². The summed E-state index contributed by atoms with van der Waals surface area (Å²) in [5, 5.41) is 9.61. The van der Waals surface area contributed by atoms with Crippen molar-refractivity contribution in [3.8, 4) is 11.5 Å². The van der Waals surface area contributed by atoms with Gasteiger partial charge in [-0.15, -0.1) is 0 Å². The number of nitrogens with one attached hydrogen (secondary N) is 3. The summed E-state index contributed by atoms with van der Waals surface area (Å²) in [7, 11) is 3.21. The molecule has 2 aromatic carbocycles. The van der Waals surface area contributed by atoms with Crippen molar-refractivity contribution in [3.63, 3.8) is 0 Å². The third kappa shape index (κ3) is 4.20. The Morgan fingerprint density at radius 2 is 1.78 bits per heavy atom. The van der Waals surface area contributed by atoms with Gasteiger partial charge in [-0.05, 0) is 61.1 Å². The predicted octanol–water partition coefficient (Wildman–Crippen LogP) is 3.14. The number of allylic oxidation sites excluding steroid dienone is 1. The highest BCUT2D eigenvalue weighted by atomic mass is 32.1. The van der Waals surface area contributed by atoms with Gasteiger partial charge in [0, 0.05) is 11.4 Å². The van der Waals surface area contributed by atoms with E-state index in [1.54, 1.807) is 38.5 Å². The lowest BCUT2D eigenvalue weighted by molar-refractivity contribution is -0.113. The van der Waals surface area contributed by atoms with Crippen LogP contribution in [0.2, 0.25) is 0 Å². The molecule has 3 N–H and O–H groups in total. The molecule has 7 heteroatoms. The zero-order valence-corrected chi connectivity index (χ0v) is 16.1. The average Bonchev–Trinajstić information content (AvgIpc) is 2.67. The SMILES string of the molecule is COc1ccc(NC(=O)C2=C(C)NC(=S)NC2c2cccc(OC)c2)cc1. The van der Waals surface area contributed by atoms with Crippen LogP contribution in [0.25, 0.3) is 0 Å². The molecule has 0 saturated heterocycles. The number of benzene rings is 2. The van der Waals surface area contributed by atoms with Crippen molar-refractivity contribution in [2.24, 2.45) is 0 Å². The summed E-state index contributed by atoms with van der Waals surface area (Å²) in [6.07, 6.45) is 0. The monoisotopic (exact) mass is 383 g/mol. The summed E-state index contributed by atoms with van der Waals surface area (Å²) in [6, 6.07) is 14.4. The van der Waals surface area contributed by atoms with Crippen molar-refractivity contribution in [2.45, 2.75) is 13.0 Å². The Morgan fingerprint density at radius 1 is 1.07 bits per heavy atom. The summed E-state index contributed by atoms with van der Waals surface area (Å²) >= 11 is 5.28. The highest BCUT2D eigenvalue weighted by Crippen LogP contribution is 2.30. The lowest BCUT2D eigenvalue weighted by atomic mass is 9.94. The molecular weight excluding hydrogens is 362 g/mol. The predicted molar refractivity (Wildman–Crippen MR) is 109 cm³/mol. The summed E-state index contributed by atoms with van der Waals surface area (Å²) in [6.45, 7) is 1.84. The minimum absolute atomic E-state index is 0.215. The van der Waals surface area contributed by atoms with Crippen LogP contribution in [0, 0.1) is 0 Å². The average molecular weight is 383 g/mol. The van der Waals surface area contributed by atoms with Gasteiger partial charge in [-0.25, -0.2) is 0 Å². The van der Waals surface area contributed by atoms with Crippen LogP contribution in [-0.2, 0) is 4.79 Å². The number of hydrogen-bond acceptors (Lipinski definition) is 4. The van der Waals surface area contributed by atoms with Crippen LogP contribution in [0.1, 0.15) is 18.5 Å². The van der Waals surface area contributed by atoms with E-state index in [0.717, 1.165) is 11.3 Å². The minimum Gasteiger partial charge on any atom is -0.497 e. The van der Waals surface area contributed by atoms with Crippen LogP contribution < -0.4 is 25.4 Å². The van der Waals surface area contributed by atoms with Gasteiger partial charge in [0.05, 0.1) is 25.8 Å². The van der Waals surface area contributed by atoms with Crippen molar-refractivity contribution >= 4 is 28.9 Å². The first-order chi connectivity index (χ1) is 13.0. The number of carbonyl (C=O) groups excluding carboxylic acids is 1. The molecule has 3 rings (SSSR count). The lowest BCUT2D eigenvalue weighted by Gasteiger charge is -2.30. The number of methoxy groups -OCH3 is 2. The van der Waals surface area contributed by atoms with E-state index in [1.165, 1.54) is 0 Å². The number of amides is 1. The molecule has 6 nitrogen and oxygen atoms in total. The molecule has 2 aromatic rings. The molecule has 0 fully saturated rings. The van der Waals surface area contributed by atoms with Gasteiger partial charge in [-0.3, -0.25) is 4.79 Å². The van der Waals surface area contributed by atoms with Gasteiger partial charge in [0.25, 0.3) is 5.91 Å². The molecule has 1 amide bonds. The maximum atomic E-state index is 13.0. The Bertz CT molecular complexity index is 894. The normalized spacial score (nSPS) is 16.3. The number of rotatable bonds is 5. The maximum Gasteiger partial charge on any atom is 0.255 e. The van der Waals surface area contributed by atoms with Crippen molar-refractivity contribution in [2.75, 3.05) is 19.5 Å². The second-order valence-electron chi connectivity index (χ2n) is 6.03. The van der Waals surface area contributed by atoms with E-state index in [1.807, 2.05) is 31.2 Å². The number of ether oxygens (including phenoxy) is 2. The lowest BCUT2D eigenvalue weighted by Crippen LogP contribution is -2.45. The largest absolute Gasteiger partial charge is 0.497 e. The molecule has 0 aromatic heterocycles. The molecule has 1 aliphatic heterocycles. The first kappa shape index (κ1) is 18.7. The fraction of sp³-hybridized carbons (Fsp3) is 0.200. The number of thiocarbonyl (C=S) groups is 1. The molecule has 1 atom stereocenters. The van der Waals surface area contributed by atoms with Crippen LogP contribution in [0.5, 0.6) is 11.5 Å². The third-order valence-corrected chi connectivity index (χ3v) is 4.51. The molecule has 0 radical (unpaired) electrons. The molecule has 0 saturated carbocycles. The van der Waals surface area contributed by atoms with E-state index in [4.69, 9.17) is 21.7 Å². The standard InChI is InChI=1S/C20H21N3O3S/c1-12-17(19(24)22-14-7-9-15(25-2)10-8-14)18(23-20(27)21-12)13-5-4-6-16(11-13)26-3/h4-11,18H,1-3H3,(H,22,24)(H2,21,23,27). The summed E-state index contributed by atoms with van der Waals surface area (Å²) < 4.78 is 10.5. The Kier molecular flexibility index (Phi) is 5.61. The highest BCUT2D eigenvalue weighted by Gasteiger charge is 2.30. The zero-order valence-electron chi connectivity index (χ0n) is 15.3. The summed E-state index contributed by atoms with van der Waals surface area (Å²) in [5.74, 6) is 1.23. The fourth-order valence-corrected chi connectivity index (χ4v) is 3.21. The third-order valence-electron chi connectivity index (χ3n) is 4.29. The highest BCUT2D eigenvalue weighted by molar-refractivity contribution is 7.80. The van der Waals surface area contributed by atoms with E-state index in [-0.39, 0.29) is 11.9 Å². The smallest absolute Gasteiger partial charge is 0.255 e. The molecule has 1 aliphatic rings. The maximum absolute atomic E-state index is 13.0. The van der Waals surface area contributed by atoms with E-state index in [0.29, 0.717) is 27.8 Å². The second-order valence-corrected chi connectivity index (χ2v) is 6.44. The zero-order chi connectivity index (χ0) is 19.4. The summed E-state index contributed by atoms with van der Waals surface area (Å²) in [5.41, 5.74) is 2.83. The van der Waals surface area contributed by atoms with Gasteiger partial charge in [-0.2, -0.15) is 0 Å². The van der Waals surface area contributed by atoms with Crippen LogP contribution in [-0.4, -0.2) is 25.2 Å². The molecule has 27 heavy (non-hydrogen) atoms. The van der Waals surface area contributed by atoms with Gasteiger partial charge < -0.3 is 25.4 Å². The Morgan fingerprint density at radius 3 is 2.44 bits per heavy atom. The molecule has 0 bridgehead atoms. The van der Waals surface area contributed by atoms with Gasteiger partial charge in [-0.1, -0.05) is 12.1 Å². The topological polar surface area (TPSA) is 71.6 Å². The Labute approximate surface area is 163 Å². The van der Waals surface area contributed by atoms with Gasteiger partial charge in [0.1, 0.15) is 11.5 Å². The quantitative estimate of drug-likeness (QED) is 0.689. The Balaban J connectivity index is 1.91. The first-order valence-corrected chi connectivity index (χ1v) is 8.80. The molecule has 0 spiro atoms. The molecule has 1 heterocycles. The number of carbonyl (C=O) groups is 1. The fourth-order valence-electron chi connectivity index (χ4n) is 2.94.